The predicted molar refractivity (Wildman–Crippen MR) is 107 cm³/mol. The molecule has 0 amide bonds. The highest BCUT2D eigenvalue weighted by Gasteiger charge is 2.04. The molecule has 0 saturated heterocycles. The van der Waals surface area contributed by atoms with Gasteiger partial charge < -0.3 is 9.84 Å². The third-order valence-corrected chi connectivity index (χ3v) is 4.56. The number of hydrogen-bond donors (Lipinski definition) is 1. The third-order valence-electron chi connectivity index (χ3n) is 4.56. The maximum atomic E-state index is 11.2. The number of unbranched alkanes of at least 4 members (excludes halogenated alkanes) is 14. The van der Waals surface area contributed by atoms with Crippen LogP contribution in [0.3, 0.4) is 0 Å². The monoisotopic (exact) mass is 368 g/mol. The maximum Gasteiger partial charge on any atom is 0.311 e. The molecule has 0 atom stereocenters. The molecule has 0 aromatic rings. The Morgan fingerprint density at radius 3 is 1.65 bits per heavy atom. The van der Waals surface area contributed by atoms with Crippen LogP contribution in [0, 0.1) is 0 Å². The van der Waals surface area contributed by atoms with Gasteiger partial charge in [-0.15, -0.1) is 0 Å². The van der Waals surface area contributed by atoms with Crippen molar-refractivity contribution in [3.63, 3.8) is 0 Å². The van der Waals surface area contributed by atoms with Crippen LogP contribution in [0.1, 0.15) is 116 Å². The second kappa shape index (κ2) is 20.0. The van der Waals surface area contributed by atoms with E-state index in [9.17, 15) is 9.59 Å². The molecule has 0 bridgehead atoms. The van der Waals surface area contributed by atoms with Gasteiger partial charge in [-0.3, -0.25) is 9.59 Å². The Balaban J connectivity index is 3.18. The number of hydrogen-bond acceptors (Lipinski definition) is 3. The Hall–Kier alpha value is -1.32. The van der Waals surface area contributed by atoms with Gasteiger partial charge >= 0.3 is 11.9 Å². The number of carbonyl (C=O) groups excluding carboxylic acids is 1. The van der Waals surface area contributed by atoms with Crippen molar-refractivity contribution in [2.75, 3.05) is 0 Å². The molecule has 0 rings (SSSR count). The Kier molecular flexibility index (Phi) is 19.0. The van der Waals surface area contributed by atoms with E-state index in [1.165, 1.54) is 89.7 Å². The average Bonchev–Trinajstić information content (AvgIpc) is 2.62. The minimum Gasteiger partial charge on any atom is -0.481 e. The largest absolute Gasteiger partial charge is 0.481 e. The first-order valence-corrected chi connectivity index (χ1v) is 10.7. The lowest BCUT2D eigenvalue weighted by atomic mass is 10.0. The number of carboxylic acids is 1. The number of aliphatic carboxylic acids is 1. The topological polar surface area (TPSA) is 63.6 Å². The fourth-order valence-corrected chi connectivity index (χ4v) is 2.92. The second-order valence-electron chi connectivity index (χ2n) is 7.14. The van der Waals surface area contributed by atoms with Crippen LogP contribution in [-0.2, 0) is 14.3 Å². The second-order valence-corrected chi connectivity index (χ2v) is 7.14. The number of rotatable bonds is 19. The smallest absolute Gasteiger partial charge is 0.311 e. The molecule has 26 heavy (non-hydrogen) atoms. The zero-order valence-corrected chi connectivity index (χ0v) is 16.8. The fourth-order valence-electron chi connectivity index (χ4n) is 2.92. The SMILES string of the molecule is CCCCCCCCCCCCCCCCC=COC(=O)CCC(=O)O. The van der Waals surface area contributed by atoms with Crippen LogP contribution in [0.15, 0.2) is 12.3 Å². The molecule has 4 nitrogen and oxygen atoms in total. The Bertz CT molecular complexity index is 363. The molecule has 152 valence electrons. The van der Waals surface area contributed by atoms with Crippen molar-refractivity contribution in [3.8, 4) is 0 Å². The first kappa shape index (κ1) is 24.7. The first-order chi connectivity index (χ1) is 12.7. The predicted octanol–water partition coefficient (Wildman–Crippen LogP) is 6.78. The van der Waals surface area contributed by atoms with Gasteiger partial charge in [0.2, 0.25) is 0 Å². The van der Waals surface area contributed by atoms with Crippen LogP contribution in [-0.4, -0.2) is 17.0 Å². The lowest BCUT2D eigenvalue weighted by molar-refractivity contribution is -0.144. The summed E-state index contributed by atoms with van der Waals surface area (Å²) in [6.45, 7) is 2.26. The molecule has 0 aromatic carbocycles. The van der Waals surface area contributed by atoms with Crippen LogP contribution < -0.4 is 0 Å². The highest BCUT2D eigenvalue weighted by molar-refractivity contribution is 5.76. The van der Waals surface area contributed by atoms with Gasteiger partial charge in [0.1, 0.15) is 0 Å². The molecule has 0 aliphatic rings. The Morgan fingerprint density at radius 1 is 0.731 bits per heavy atom. The molecule has 0 radical (unpaired) electrons. The number of carboxylic acid groups (broad SMARTS) is 1. The summed E-state index contributed by atoms with van der Waals surface area (Å²) in [4.78, 5) is 21.5. The van der Waals surface area contributed by atoms with Crippen molar-refractivity contribution in [2.24, 2.45) is 0 Å². The summed E-state index contributed by atoms with van der Waals surface area (Å²) in [5, 5.41) is 8.46. The Morgan fingerprint density at radius 2 is 1.19 bits per heavy atom. The van der Waals surface area contributed by atoms with Crippen LogP contribution in [0.5, 0.6) is 0 Å². The summed E-state index contributed by atoms with van der Waals surface area (Å²) in [7, 11) is 0. The van der Waals surface area contributed by atoms with E-state index in [0.717, 1.165) is 12.8 Å². The number of carbonyl (C=O) groups is 2. The van der Waals surface area contributed by atoms with Crippen molar-refractivity contribution in [2.45, 2.75) is 116 Å². The molecule has 0 fully saturated rings. The van der Waals surface area contributed by atoms with E-state index < -0.39 is 11.9 Å². The van der Waals surface area contributed by atoms with Gasteiger partial charge in [0.05, 0.1) is 19.1 Å². The van der Waals surface area contributed by atoms with Crippen LogP contribution in [0.2, 0.25) is 0 Å². The summed E-state index contributed by atoms with van der Waals surface area (Å²) >= 11 is 0. The van der Waals surface area contributed by atoms with Crippen LogP contribution in [0.4, 0.5) is 0 Å². The fraction of sp³-hybridized carbons (Fsp3) is 0.818. The number of allylic oxidation sites excluding steroid dienone is 1. The molecule has 0 aliphatic heterocycles. The van der Waals surface area contributed by atoms with E-state index in [1.54, 1.807) is 0 Å². The highest BCUT2D eigenvalue weighted by Crippen LogP contribution is 2.13. The summed E-state index contributed by atoms with van der Waals surface area (Å²) in [5.74, 6) is -1.46. The molecule has 0 saturated carbocycles. The van der Waals surface area contributed by atoms with Gasteiger partial charge in [-0.1, -0.05) is 90.4 Å². The van der Waals surface area contributed by atoms with E-state index >= 15 is 0 Å². The van der Waals surface area contributed by atoms with Crippen molar-refractivity contribution >= 4 is 11.9 Å². The zero-order chi connectivity index (χ0) is 19.3. The summed E-state index contributed by atoms with van der Waals surface area (Å²) in [5.41, 5.74) is 0. The van der Waals surface area contributed by atoms with Crippen LogP contribution >= 0.6 is 0 Å². The molecule has 0 unspecified atom stereocenters. The first-order valence-electron chi connectivity index (χ1n) is 10.7. The minimum absolute atomic E-state index is 0.0709. The summed E-state index contributed by atoms with van der Waals surface area (Å²) in [6.07, 6.45) is 22.8. The van der Waals surface area contributed by atoms with Gasteiger partial charge in [-0.25, -0.2) is 0 Å². The third kappa shape index (κ3) is 20.7. The molecule has 0 aromatic heterocycles. The van der Waals surface area contributed by atoms with Crippen LogP contribution in [0.25, 0.3) is 0 Å². The minimum atomic E-state index is -0.978. The zero-order valence-electron chi connectivity index (χ0n) is 16.8. The molecule has 1 N–H and O–H groups in total. The molecule has 4 heteroatoms. The van der Waals surface area contributed by atoms with Crippen molar-refractivity contribution in [1.82, 2.24) is 0 Å². The lowest BCUT2D eigenvalue weighted by Gasteiger charge is -2.02. The van der Waals surface area contributed by atoms with Gasteiger partial charge in [0, 0.05) is 0 Å². The van der Waals surface area contributed by atoms with Crippen molar-refractivity contribution < 1.29 is 19.4 Å². The van der Waals surface area contributed by atoms with Gasteiger partial charge in [0.25, 0.3) is 0 Å². The van der Waals surface area contributed by atoms with E-state index in [1.807, 2.05) is 6.08 Å². The summed E-state index contributed by atoms with van der Waals surface area (Å²) in [6, 6.07) is 0. The van der Waals surface area contributed by atoms with Gasteiger partial charge in [-0.05, 0) is 18.9 Å². The standard InChI is InChI=1S/C22H40O4/c1-2-3-4-5-6-7-8-9-10-11-12-13-14-15-16-17-20-26-22(25)19-18-21(23)24/h17,20H,2-16,18-19H2,1H3,(H,23,24). The van der Waals surface area contributed by atoms with E-state index in [4.69, 9.17) is 9.84 Å². The number of esters is 1. The molecular weight excluding hydrogens is 328 g/mol. The molecule has 0 aliphatic carbocycles. The van der Waals surface area contributed by atoms with Crippen molar-refractivity contribution in [1.29, 1.82) is 0 Å². The quantitative estimate of drug-likeness (QED) is 0.155. The average molecular weight is 369 g/mol. The molecular formula is C22H40O4. The van der Waals surface area contributed by atoms with E-state index in [-0.39, 0.29) is 12.8 Å². The van der Waals surface area contributed by atoms with Gasteiger partial charge in [-0.2, -0.15) is 0 Å². The van der Waals surface area contributed by atoms with E-state index in [2.05, 4.69) is 6.92 Å². The number of ether oxygens (including phenoxy) is 1. The lowest BCUT2D eigenvalue weighted by Crippen LogP contribution is -2.03. The maximum absolute atomic E-state index is 11.2. The Labute approximate surface area is 160 Å². The normalized spacial score (nSPS) is 11.1. The van der Waals surface area contributed by atoms with E-state index in [0.29, 0.717) is 0 Å². The molecule has 0 heterocycles. The molecule has 0 spiro atoms. The van der Waals surface area contributed by atoms with Gasteiger partial charge in [0.15, 0.2) is 0 Å². The highest BCUT2D eigenvalue weighted by atomic mass is 16.5. The summed E-state index contributed by atoms with van der Waals surface area (Å²) < 4.78 is 4.83. The van der Waals surface area contributed by atoms with Crippen molar-refractivity contribution in [3.05, 3.63) is 12.3 Å².